The maximum atomic E-state index is 12.7. The SMILES string of the molecule is CCOc1cc(Br)cc(/C=C2/C(=O)N(c3ccccc3)N=C2C)c1O. The van der Waals surface area contributed by atoms with E-state index in [0.29, 0.717) is 34.9 Å². The van der Waals surface area contributed by atoms with Gasteiger partial charge in [0.25, 0.3) is 5.91 Å². The Bertz CT molecular complexity index is 876. The number of phenols is 1. The van der Waals surface area contributed by atoms with Crippen molar-refractivity contribution in [3.63, 3.8) is 0 Å². The van der Waals surface area contributed by atoms with Gasteiger partial charge in [0.1, 0.15) is 0 Å². The van der Waals surface area contributed by atoms with Gasteiger partial charge in [-0.3, -0.25) is 4.79 Å². The molecule has 1 aliphatic heterocycles. The maximum Gasteiger partial charge on any atom is 0.280 e. The van der Waals surface area contributed by atoms with Gasteiger partial charge in [0.15, 0.2) is 11.5 Å². The molecule has 0 unspecified atom stereocenters. The molecule has 1 aliphatic rings. The number of aromatic hydroxyl groups is 1. The molecule has 128 valence electrons. The van der Waals surface area contributed by atoms with Crippen molar-refractivity contribution >= 4 is 39.3 Å². The summed E-state index contributed by atoms with van der Waals surface area (Å²) in [5.74, 6) is 0.126. The lowest BCUT2D eigenvalue weighted by atomic mass is 10.1. The smallest absolute Gasteiger partial charge is 0.280 e. The van der Waals surface area contributed by atoms with Crippen molar-refractivity contribution < 1.29 is 14.6 Å². The third-order valence-electron chi connectivity index (χ3n) is 3.73. The van der Waals surface area contributed by atoms with Gasteiger partial charge in [0, 0.05) is 10.0 Å². The van der Waals surface area contributed by atoms with E-state index < -0.39 is 0 Å². The number of rotatable bonds is 4. The number of carbonyl (C=O) groups is 1. The molecule has 1 amide bonds. The highest BCUT2D eigenvalue weighted by atomic mass is 79.9. The Morgan fingerprint density at radius 3 is 2.68 bits per heavy atom. The molecule has 5 nitrogen and oxygen atoms in total. The standard InChI is InChI=1S/C19H17BrN2O3/c1-3-25-17-11-14(20)9-13(18(17)23)10-16-12(2)21-22(19(16)24)15-7-5-4-6-8-15/h4-11,23H,3H2,1-2H3/b16-10+. The highest BCUT2D eigenvalue weighted by Gasteiger charge is 2.29. The number of benzene rings is 2. The number of para-hydroxylation sites is 1. The van der Waals surface area contributed by atoms with Gasteiger partial charge in [-0.15, -0.1) is 0 Å². The number of hydrogen-bond acceptors (Lipinski definition) is 4. The van der Waals surface area contributed by atoms with Gasteiger partial charge in [-0.05, 0) is 44.2 Å². The van der Waals surface area contributed by atoms with E-state index in [1.54, 1.807) is 25.1 Å². The number of hydrazone groups is 1. The van der Waals surface area contributed by atoms with Crippen LogP contribution in [0.1, 0.15) is 19.4 Å². The second-order valence-electron chi connectivity index (χ2n) is 5.47. The molecule has 0 aromatic heterocycles. The zero-order valence-corrected chi connectivity index (χ0v) is 15.4. The Kier molecular flexibility index (Phi) is 4.90. The molecular formula is C19H17BrN2O3. The van der Waals surface area contributed by atoms with E-state index in [1.807, 2.05) is 37.3 Å². The minimum atomic E-state index is -0.235. The second kappa shape index (κ2) is 7.11. The molecule has 0 bridgehead atoms. The molecule has 0 radical (unpaired) electrons. The summed E-state index contributed by atoms with van der Waals surface area (Å²) in [5, 5.41) is 16.1. The minimum Gasteiger partial charge on any atom is -0.504 e. The van der Waals surface area contributed by atoms with Gasteiger partial charge < -0.3 is 9.84 Å². The molecule has 25 heavy (non-hydrogen) atoms. The van der Waals surface area contributed by atoms with Crippen LogP contribution in [0.15, 0.2) is 57.6 Å². The zero-order chi connectivity index (χ0) is 18.0. The molecule has 0 atom stereocenters. The molecule has 0 saturated heterocycles. The van der Waals surface area contributed by atoms with Gasteiger partial charge in [-0.2, -0.15) is 10.1 Å². The number of halogens is 1. The van der Waals surface area contributed by atoms with Crippen LogP contribution < -0.4 is 9.75 Å². The lowest BCUT2D eigenvalue weighted by molar-refractivity contribution is -0.114. The van der Waals surface area contributed by atoms with E-state index in [9.17, 15) is 9.90 Å². The van der Waals surface area contributed by atoms with Crippen molar-refractivity contribution in [3.8, 4) is 11.5 Å². The number of anilines is 1. The number of nitrogens with zero attached hydrogens (tertiary/aromatic N) is 2. The van der Waals surface area contributed by atoms with Crippen molar-refractivity contribution in [2.24, 2.45) is 5.10 Å². The molecule has 3 rings (SSSR count). The Labute approximate surface area is 154 Å². The third kappa shape index (κ3) is 3.44. The fourth-order valence-electron chi connectivity index (χ4n) is 2.55. The highest BCUT2D eigenvalue weighted by Crippen LogP contribution is 2.36. The highest BCUT2D eigenvalue weighted by molar-refractivity contribution is 9.10. The normalized spacial score (nSPS) is 15.6. The molecule has 0 fully saturated rings. The third-order valence-corrected chi connectivity index (χ3v) is 4.19. The van der Waals surface area contributed by atoms with Gasteiger partial charge in [-0.25, -0.2) is 0 Å². The molecule has 1 heterocycles. The predicted octanol–water partition coefficient (Wildman–Crippen LogP) is 4.36. The van der Waals surface area contributed by atoms with Crippen LogP contribution in [0, 0.1) is 0 Å². The van der Waals surface area contributed by atoms with Gasteiger partial charge >= 0.3 is 0 Å². The number of amides is 1. The van der Waals surface area contributed by atoms with E-state index in [-0.39, 0.29) is 11.7 Å². The molecule has 0 spiro atoms. The van der Waals surface area contributed by atoms with Crippen LogP contribution in [0.2, 0.25) is 0 Å². The summed E-state index contributed by atoms with van der Waals surface area (Å²) < 4.78 is 6.18. The Balaban J connectivity index is 2.00. The fraction of sp³-hybridized carbons (Fsp3) is 0.158. The van der Waals surface area contributed by atoms with Crippen molar-refractivity contribution in [2.45, 2.75) is 13.8 Å². The first-order chi connectivity index (χ1) is 12.0. The summed E-state index contributed by atoms with van der Waals surface area (Å²) >= 11 is 3.40. The van der Waals surface area contributed by atoms with Crippen LogP contribution in [-0.2, 0) is 4.79 Å². The lowest BCUT2D eigenvalue weighted by Crippen LogP contribution is -2.21. The summed E-state index contributed by atoms with van der Waals surface area (Å²) in [4.78, 5) is 12.7. The Morgan fingerprint density at radius 2 is 2.00 bits per heavy atom. The van der Waals surface area contributed by atoms with Gasteiger partial charge in [-0.1, -0.05) is 34.1 Å². The topological polar surface area (TPSA) is 62.1 Å². The number of phenolic OH excluding ortho intramolecular Hbond substituents is 1. The summed E-state index contributed by atoms with van der Waals surface area (Å²) in [6.45, 7) is 4.04. The quantitative estimate of drug-likeness (QED) is 0.775. The zero-order valence-electron chi connectivity index (χ0n) is 13.9. The average molecular weight is 401 g/mol. The largest absolute Gasteiger partial charge is 0.504 e. The van der Waals surface area contributed by atoms with E-state index >= 15 is 0 Å². The van der Waals surface area contributed by atoms with Crippen LogP contribution in [0.25, 0.3) is 6.08 Å². The average Bonchev–Trinajstić information content (AvgIpc) is 2.88. The summed E-state index contributed by atoms with van der Waals surface area (Å²) in [6, 6.07) is 12.6. The molecule has 0 saturated carbocycles. The molecule has 1 N–H and O–H groups in total. The van der Waals surface area contributed by atoms with Crippen molar-refractivity contribution in [1.82, 2.24) is 0 Å². The number of hydrogen-bond donors (Lipinski definition) is 1. The van der Waals surface area contributed by atoms with Crippen LogP contribution in [0.3, 0.4) is 0 Å². The van der Waals surface area contributed by atoms with Crippen LogP contribution >= 0.6 is 15.9 Å². The second-order valence-corrected chi connectivity index (χ2v) is 6.39. The van der Waals surface area contributed by atoms with Crippen LogP contribution in [0.5, 0.6) is 11.5 Å². The molecule has 2 aromatic rings. The van der Waals surface area contributed by atoms with E-state index in [1.165, 1.54) is 5.01 Å². The summed E-state index contributed by atoms with van der Waals surface area (Å²) in [6.07, 6.45) is 1.63. The molecular weight excluding hydrogens is 384 g/mol. The summed E-state index contributed by atoms with van der Waals surface area (Å²) in [7, 11) is 0. The first kappa shape index (κ1) is 17.2. The minimum absolute atomic E-state index is 0.00342. The number of ether oxygens (including phenoxy) is 1. The Hall–Kier alpha value is -2.60. The first-order valence-electron chi connectivity index (χ1n) is 7.83. The predicted molar refractivity (Wildman–Crippen MR) is 102 cm³/mol. The number of carbonyl (C=O) groups excluding carboxylic acids is 1. The van der Waals surface area contributed by atoms with Crippen molar-refractivity contribution in [2.75, 3.05) is 11.6 Å². The van der Waals surface area contributed by atoms with Crippen molar-refractivity contribution in [1.29, 1.82) is 0 Å². The van der Waals surface area contributed by atoms with E-state index in [0.717, 1.165) is 4.47 Å². The summed E-state index contributed by atoms with van der Waals surface area (Å²) in [5.41, 5.74) is 2.21. The molecule has 6 heteroatoms. The molecule has 0 aliphatic carbocycles. The van der Waals surface area contributed by atoms with Gasteiger partial charge in [0.05, 0.1) is 23.6 Å². The Morgan fingerprint density at radius 1 is 1.28 bits per heavy atom. The maximum absolute atomic E-state index is 12.7. The van der Waals surface area contributed by atoms with Crippen molar-refractivity contribution in [3.05, 3.63) is 58.1 Å². The first-order valence-corrected chi connectivity index (χ1v) is 8.62. The lowest BCUT2D eigenvalue weighted by Gasteiger charge is -2.12. The van der Waals surface area contributed by atoms with Crippen LogP contribution in [-0.4, -0.2) is 23.3 Å². The van der Waals surface area contributed by atoms with E-state index in [4.69, 9.17) is 4.74 Å². The fourth-order valence-corrected chi connectivity index (χ4v) is 3.01. The monoisotopic (exact) mass is 400 g/mol. The van der Waals surface area contributed by atoms with Gasteiger partial charge in [0.2, 0.25) is 0 Å². The molecule has 2 aromatic carbocycles. The van der Waals surface area contributed by atoms with Crippen LogP contribution in [0.4, 0.5) is 5.69 Å². The van der Waals surface area contributed by atoms with E-state index in [2.05, 4.69) is 21.0 Å².